The molecule has 3 rings (SSSR count). The lowest BCUT2D eigenvalue weighted by molar-refractivity contribution is 0.269. The van der Waals surface area contributed by atoms with Crippen molar-refractivity contribution in [3.8, 4) is 11.5 Å². The normalized spacial score (nSPS) is 10.7. The van der Waals surface area contributed by atoms with E-state index in [1.807, 2.05) is 43.3 Å². The second kappa shape index (κ2) is 10.1. The number of benzene rings is 3. The number of aryl methyl sites for hydroxylation is 1. The molecule has 152 valence electrons. The first-order valence-corrected chi connectivity index (χ1v) is 10.4. The van der Waals surface area contributed by atoms with E-state index in [-0.39, 0.29) is 0 Å². The Morgan fingerprint density at radius 2 is 1.69 bits per heavy atom. The molecular formula is C23H22Cl3NO2. The van der Waals surface area contributed by atoms with Gasteiger partial charge in [0, 0.05) is 11.6 Å². The molecule has 0 saturated carbocycles. The molecule has 0 aliphatic rings. The standard InChI is InChI=1S/C23H22Cl3NO2/c1-3-28-22-11-16(13-27-21-9-8-18(24)12-19(21)25)10-20(26)23(22)29-14-17-7-5-4-6-15(17)2/h4-12,27H,3,13-14H2,1-2H3. The molecule has 3 nitrogen and oxygen atoms in total. The van der Waals surface area contributed by atoms with Crippen LogP contribution in [-0.2, 0) is 13.2 Å². The Kier molecular flexibility index (Phi) is 7.54. The van der Waals surface area contributed by atoms with Gasteiger partial charge in [-0.15, -0.1) is 0 Å². The van der Waals surface area contributed by atoms with Crippen LogP contribution in [0.25, 0.3) is 0 Å². The lowest BCUT2D eigenvalue weighted by Crippen LogP contribution is -2.04. The van der Waals surface area contributed by atoms with E-state index in [0.29, 0.717) is 46.3 Å². The fourth-order valence-corrected chi connectivity index (χ4v) is 3.64. The van der Waals surface area contributed by atoms with Crippen LogP contribution in [0.2, 0.25) is 15.1 Å². The zero-order valence-electron chi connectivity index (χ0n) is 16.3. The van der Waals surface area contributed by atoms with Gasteiger partial charge in [0.1, 0.15) is 6.61 Å². The van der Waals surface area contributed by atoms with E-state index in [2.05, 4.69) is 18.3 Å². The smallest absolute Gasteiger partial charge is 0.180 e. The van der Waals surface area contributed by atoms with Crippen LogP contribution < -0.4 is 14.8 Å². The molecule has 6 heteroatoms. The minimum Gasteiger partial charge on any atom is -0.490 e. The summed E-state index contributed by atoms with van der Waals surface area (Å²) >= 11 is 18.7. The molecule has 0 amide bonds. The van der Waals surface area contributed by atoms with E-state index in [9.17, 15) is 0 Å². The van der Waals surface area contributed by atoms with Gasteiger partial charge in [-0.2, -0.15) is 0 Å². The highest BCUT2D eigenvalue weighted by atomic mass is 35.5. The van der Waals surface area contributed by atoms with Crippen molar-refractivity contribution in [2.45, 2.75) is 27.0 Å². The van der Waals surface area contributed by atoms with Crippen LogP contribution in [0.15, 0.2) is 54.6 Å². The monoisotopic (exact) mass is 449 g/mol. The van der Waals surface area contributed by atoms with Crippen LogP contribution in [0.5, 0.6) is 11.5 Å². The summed E-state index contributed by atoms with van der Waals surface area (Å²) in [6.45, 7) is 5.44. The minimum atomic E-state index is 0.421. The Bertz CT molecular complexity index is 992. The van der Waals surface area contributed by atoms with E-state index in [0.717, 1.165) is 16.8 Å². The minimum absolute atomic E-state index is 0.421. The maximum Gasteiger partial charge on any atom is 0.180 e. The number of anilines is 1. The van der Waals surface area contributed by atoms with E-state index < -0.39 is 0 Å². The van der Waals surface area contributed by atoms with E-state index in [1.165, 1.54) is 5.56 Å². The molecule has 0 unspecified atom stereocenters. The van der Waals surface area contributed by atoms with Gasteiger partial charge in [0.05, 0.1) is 22.3 Å². The molecule has 0 atom stereocenters. The van der Waals surface area contributed by atoms with Gasteiger partial charge >= 0.3 is 0 Å². The maximum absolute atomic E-state index is 6.53. The number of hydrogen-bond acceptors (Lipinski definition) is 3. The van der Waals surface area contributed by atoms with Crippen molar-refractivity contribution >= 4 is 40.5 Å². The van der Waals surface area contributed by atoms with Crippen molar-refractivity contribution in [3.63, 3.8) is 0 Å². The van der Waals surface area contributed by atoms with Crippen molar-refractivity contribution in [1.29, 1.82) is 0 Å². The molecular weight excluding hydrogens is 429 g/mol. The summed E-state index contributed by atoms with van der Waals surface area (Å²) < 4.78 is 11.8. The van der Waals surface area contributed by atoms with Gasteiger partial charge in [0.2, 0.25) is 0 Å². The number of halogens is 3. The molecule has 0 aliphatic carbocycles. The van der Waals surface area contributed by atoms with Crippen LogP contribution in [0.3, 0.4) is 0 Å². The average Bonchev–Trinajstić information content (AvgIpc) is 2.68. The molecule has 0 bridgehead atoms. The summed E-state index contributed by atoms with van der Waals surface area (Å²) in [7, 11) is 0. The second-order valence-electron chi connectivity index (χ2n) is 6.53. The zero-order chi connectivity index (χ0) is 20.8. The van der Waals surface area contributed by atoms with Crippen molar-refractivity contribution < 1.29 is 9.47 Å². The van der Waals surface area contributed by atoms with Crippen LogP contribution in [0, 0.1) is 6.92 Å². The molecule has 0 radical (unpaired) electrons. The Balaban J connectivity index is 1.77. The fourth-order valence-electron chi connectivity index (χ4n) is 2.88. The lowest BCUT2D eigenvalue weighted by Gasteiger charge is -2.17. The highest BCUT2D eigenvalue weighted by Gasteiger charge is 2.14. The van der Waals surface area contributed by atoms with E-state index in [4.69, 9.17) is 44.3 Å². The van der Waals surface area contributed by atoms with E-state index >= 15 is 0 Å². The predicted octanol–water partition coefficient (Wildman–Crippen LogP) is 7.55. The van der Waals surface area contributed by atoms with Crippen LogP contribution in [0.1, 0.15) is 23.6 Å². The SMILES string of the molecule is CCOc1cc(CNc2ccc(Cl)cc2Cl)cc(Cl)c1OCc1ccccc1C. The number of hydrogen-bond donors (Lipinski definition) is 1. The zero-order valence-corrected chi connectivity index (χ0v) is 18.5. The highest BCUT2D eigenvalue weighted by Crippen LogP contribution is 2.38. The summed E-state index contributed by atoms with van der Waals surface area (Å²) in [6, 6.07) is 17.2. The molecule has 0 heterocycles. The van der Waals surface area contributed by atoms with Gasteiger partial charge in [-0.3, -0.25) is 0 Å². The summed E-state index contributed by atoms with van der Waals surface area (Å²) in [5.41, 5.74) is 4.02. The summed E-state index contributed by atoms with van der Waals surface area (Å²) in [6.07, 6.45) is 0. The van der Waals surface area contributed by atoms with Crippen LogP contribution in [0.4, 0.5) is 5.69 Å². The van der Waals surface area contributed by atoms with Crippen molar-refractivity contribution in [1.82, 2.24) is 0 Å². The molecule has 0 spiro atoms. The molecule has 0 aliphatic heterocycles. The topological polar surface area (TPSA) is 30.5 Å². The van der Waals surface area contributed by atoms with Crippen molar-refractivity contribution in [3.05, 3.63) is 86.4 Å². The van der Waals surface area contributed by atoms with E-state index in [1.54, 1.807) is 12.1 Å². The first kappa shape index (κ1) is 21.6. The van der Waals surface area contributed by atoms with Gasteiger partial charge in [-0.1, -0.05) is 59.1 Å². The van der Waals surface area contributed by atoms with Crippen molar-refractivity contribution in [2.24, 2.45) is 0 Å². The molecule has 1 N–H and O–H groups in total. The average molecular weight is 451 g/mol. The molecule has 0 saturated heterocycles. The predicted molar refractivity (Wildman–Crippen MR) is 122 cm³/mol. The number of ether oxygens (including phenoxy) is 2. The molecule has 29 heavy (non-hydrogen) atoms. The van der Waals surface area contributed by atoms with Crippen LogP contribution >= 0.6 is 34.8 Å². The molecule has 3 aromatic rings. The Morgan fingerprint density at radius 3 is 2.41 bits per heavy atom. The first-order valence-electron chi connectivity index (χ1n) is 9.29. The van der Waals surface area contributed by atoms with Gasteiger partial charge in [-0.25, -0.2) is 0 Å². The third-order valence-corrected chi connectivity index (χ3v) is 5.25. The van der Waals surface area contributed by atoms with Crippen LogP contribution in [-0.4, -0.2) is 6.61 Å². The van der Waals surface area contributed by atoms with Gasteiger partial charge in [-0.05, 0) is 60.9 Å². The maximum atomic E-state index is 6.53. The summed E-state index contributed by atoms with van der Waals surface area (Å²) in [5, 5.41) is 4.95. The third-order valence-electron chi connectivity index (χ3n) is 4.42. The lowest BCUT2D eigenvalue weighted by atomic mass is 10.1. The largest absolute Gasteiger partial charge is 0.490 e. The Morgan fingerprint density at radius 1 is 0.897 bits per heavy atom. The fraction of sp³-hybridized carbons (Fsp3) is 0.217. The number of nitrogens with one attached hydrogen (secondary N) is 1. The quantitative estimate of drug-likeness (QED) is 0.384. The Labute approximate surface area is 186 Å². The van der Waals surface area contributed by atoms with Crippen molar-refractivity contribution in [2.75, 3.05) is 11.9 Å². The molecule has 0 aromatic heterocycles. The van der Waals surface area contributed by atoms with Gasteiger partial charge < -0.3 is 14.8 Å². The van der Waals surface area contributed by atoms with Gasteiger partial charge in [0.15, 0.2) is 11.5 Å². The Hall–Kier alpha value is -2.07. The first-order chi connectivity index (χ1) is 14.0. The number of rotatable bonds is 8. The molecule has 3 aromatic carbocycles. The third kappa shape index (κ3) is 5.72. The van der Waals surface area contributed by atoms with Gasteiger partial charge in [0.25, 0.3) is 0 Å². The second-order valence-corrected chi connectivity index (χ2v) is 7.78. The summed E-state index contributed by atoms with van der Waals surface area (Å²) in [4.78, 5) is 0. The molecule has 0 fully saturated rings. The highest BCUT2D eigenvalue weighted by molar-refractivity contribution is 6.36. The summed E-state index contributed by atoms with van der Waals surface area (Å²) in [5.74, 6) is 1.16.